The standard InChI is InChI=1S/C17H21N7O/c1-14-11-16(25-19-14)13-22-7-9-23(10-8-22)17-18-20-21-24(17)12-15-5-3-2-4-6-15/h2-6,11H,7-10,12-13H2,1H3. The maximum Gasteiger partial charge on any atom is 0.245 e. The summed E-state index contributed by atoms with van der Waals surface area (Å²) in [4.78, 5) is 4.60. The summed E-state index contributed by atoms with van der Waals surface area (Å²) in [6.07, 6.45) is 0. The molecule has 0 amide bonds. The molecular formula is C17H21N7O. The number of nitrogens with zero attached hydrogens (tertiary/aromatic N) is 7. The van der Waals surface area contributed by atoms with Gasteiger partial charge in [-0.25, -0.2) is 4.68 Å². The molecule has 0 radical (unpaired) electrons. The lowest BCUT2D eigenvalue weighted by atomic mass is 10.2. The van der Waals surface area contributed by atoms with Gasteiger partial charge in [0.2, 0.25) is 5.95 Å². The summed E-state index contributed by atoms with van der Waals surface area (Å²) in [5.74, 6) is 1.75. The van der Waals surface area contributed by atoms with E-state index in [4.69, 9.17) is 4.52 Å². The van der Waals surface area contributed by atoms with Gasteiger partial charge in [-0.15, -0.1) is 0 Å². The SMILES string of the molecule is Cc1cc(CN2CCN(c3nnnn3Cc3ccccc3)CC2)on1. The molecule has 1 fully saturated rings. The topological polar surface area (TPSA) is 76.1 Å². The van der Waals surface area contributed by atoms with Crippen LogP contribution in [0.1, 0.15) is 17.0 Å². The first-order valence-electron chi connectivity index (χ1n) is 8.47. The van der Waals surface area contributed by atoms with Crippen LogP contribution in [0.15, 0.2) is 40.9 Å². The predicted molar refractivity (Wildman–Crippen MR) is 92.1 cm³/mol. The van der Waals surface area contributed by atoms with Gasteiger partial charge in [0.05, 0.1) is 18.8 Å². The molecule has 0 aliphatic carbocycles. The second-order valence-electron chi connectivity index (χ2n) is 6.32. The Balaban J connectivity index is 1.37. The number of aryl methyl sites for hydroxylation is 1. The molecule has 3 heterocycles. The molecule has 0 N–H and O–H groups in total. The minimum atomic E-state index is 0.681. The molecular weight excluding hydrogens is 318 g/mol. The third-order valence-electron chi connectivity index (χ3n) is 4.40. The Hall–Kier alpha value is -2.74. The van der Waals surface area contributed by atoms with E-state index in [-0.39, 0.29) is 0 Å². The third-order valence-corrected chi connectivity index (χ3v) is 4.40. The van der Waals surface area contributed by atoms with Crippen molar-refractivity contribution in [3.63, 3.8) is 0 Å². The maximum absolute atomic E-state index is 5.31. The molecule has 0 bridgehead atoms. The van der Waals surface area contributed by atoms with Gasteiger partial charge in [-0.05, 0) is 22.9 Å². The molecule has 1 aliphatic rings. The number of benzene rings is 1. The molecule has 1 aliphatic heterocycles. The van der Waals surface area contributed by atoms with Crippen molar-refractivity contribution in [2.24, 2.45) is 0 Å². The van der Waals surface area contributed by atoms with Crippen molar-refractivity contribution >= 4 is 5.95 Å². The van der Waals surface area contributed by atoms with Crippen LogP contribution in [-0.2, 0) is 13.1 Å². The molecule has 8 heteroatoms. The number of rotatable bonds is 5. The van der Waals surface area contributed by atoms with E-state index in [1.54, 1.807) is 0 Å². The van der Waals surface area contributed by atoms with Crippen LogP contribution in [0.5, 0.6) is 0 Å². The molecule has 4 rings (SSSR count). The highest BCUT2D eigenvalue weighted by molar-refractivity contribution is 5.30. The van der Waals surface area contributed by atoms with Crippen molar-refractivity contribution in [2.45, 2.75) is 20.0 Å². The van der Waals surface area contributed by atoms with E-state index in [1.165, 1.54) is 5.56 Å². The van der Waals surface area contributed by atoms with Crippen molar-refractivity contribution in [1.82, 2.24) is 30.3 Å². The zero-order valence-electron chi connectivity index (χ0n) is 14.2. The summed E-state index contributed by atoms with van der Waals surface area (Å²) in [5, 5.41) is 16.2. The Morgan fingerprint density at radius 1 is 1.04 bits per heavy atom. The van der Waals surface area contributed by atoms with Gasteiger partial charge in [0.25, 0.3) is 0 Å². The highest BCUT2D eigenvalue weighted by Crippen LogP contribution is 2.15. The summed E-state index contributed by atoms with van der Waals surface area (Å²) in [5.41, 5.74) is 2.11. The van der Waals surface area contributed by atoms with E-state index in [9.17, 15) is 0 Å². The minimum absolute atomic E-state index is 0.681. The fourth-order valence-corrected chi connectivity index (χ4v) is 3.10. The molecule has 2 aromatic heterocycles. The van der Waals surface area contributed by atoms with Crippen molar-refractivity contribution in [1.29, 1.82) is 0 Å². The predicted octanol–water partition coefficient (Wildman–Crippen LogP) is 1.34. The average Bonchev–Trinajstić information content (AvgIpc) is 3.26. The largest absolute Gasteiger partial charge is 0.360 e. The molecule has 0 atom stereocenters. The lowest BCUT2D eigenvalue weighted by Crippen LogP contribution is -2.46. The van der Waals surface area contributed by atoms with E-state index in [0.717, 1.165) is 50.1 Å². The first-order chi connectivity index (χ1) is 12.3. The quantitative estimate of drug-likeness (QED) is 0.694. The fourth-order valence-electron chi connectivity index (χ4n) is 3.10. The van der Waals surface area contributed by atoms with Crippen LogP contribution in [-0.4, -0.2) is 56.4 Å². The summed E-state index contributed by atoms with van der Waals surface area (Å²) in [6, 6.07) is 12.2. The molecule has 130 valence electrons. The van der Waals surface area contributed by atoms with Crippen LogP contribution < -0.4 is 4.90 Å². The number of hydrogen-bond donors (Lipinski definition) is 0. The summed E-state index contributed by atoms with van der Waals surface area (Å²) >= 11 is 0. The van der Waals surface area contributed by atoms with Gasteiger partial charge in [0, 0.05) is 32.2 Å². The van der Waals surface area contributed by atoms with Gasteiger partial charge < -0.3 is 9.42 Å². The van der Waals surface area contributed by atoms with Gasteiger partial charge in [-0.1, -0.05) is 40.6 Å². The second kappa shape index (κ2) is 7.02. The van der Waals surface area contributed by atoms with Crippen LogP contribution in [0.25, 0.3) is 0 Å². The first-order valence-corrected chi connectivity index (χ1v) is 8.47. The van der Waals surface area contributed by atoms with Crippen LogP contribution in [0, 0.1) is 6.92 Å². The highest BCUT2D eigenvalue weighted by Gasteiger charge is 2.22. The highest BCUT2D eigenvalue weighted by atomic mass is 16.5. The van der Waals surface area contributed by atoms with Crippen molar-refractivity contribution in [3.05, 3.63) is 53.4 Å². The number of piperazine rings is 1. The Labute approximate surface area is 146 Å². The Morgan fingerprint density at radius 3 is 2.56 bits per heavy atom. The summed E-state index contributed by atoms with van der Waals surface area (Å²) < 4.78 is 7.18. The lowest BCUT2D eigenvalue weighted by molar-refractivity contribution is 0.218. The number of hydrogen-bond acceptors (Lipinski definition) is 7. The van der Waals surface area contributed by atoms with Crippen LogP contribution in [0.2, 0.25) is 0 Å². The van der Waals surface area contributed by atoms with Crippen LogP contribution in [0.4, 0.5) is 5.95 Å². The zero-order chi connectivity index (χ0) is 17.1. The van der Waals surface area contributed by atoms with E-state index in [0.29, 0.717) is 6.54 Å². The Kier molecular flexibility index (Phi) is 4.43. The summed E-state index contributed by atoms with van der Waals surface area (Å²) in [6.45, 7) is 7.09. The Bertz CT molecular complexity index is 805. The molecule has 25 heavy (non-hydrogen) atoms. The van der Waals surface area contributed by atoms with Crippen molar-refractivity contribution in [3.8, 4) is 0 Å². The summed E-state index contributed by atoms with van der Waals surface area (Å²) in [7, 11) is 0. The van der Waals surface area contributed by atoms with Gasteiger partial charge in [-0.2, -0.15) is 0 Å². The zero-order valence-corrected chi connectivity index (χ0v) is 14.2. The molecule has 1 aromatic carbocycles. The van der Waals surface area contributed by atoms with E-state index >= 15 is 0 Å². The van der Waals surface area contributed by atoms with Crippen molar-refractivity contribution in [2.75, 3.05) is 31.1 Å². The van der Waals surface area contributed by atoms with Crippen LogP contribution in [0.3, 0.4) is 0 Å². The molecule has 0 saturated carbocycles. The minimum Gasteiger partial charge on any atom is -0.360 e. The average molecular weight is 339 g/mol. The normalized spacial score (nSPS) is 15.6. The lowest BCUT2D eigenvalue weighted by Gasteiger charge is -2.34. The van der Waals surface area contributed by atoms with E-state index in [1.807, 2.05) is 35.9 Å². The van der Waals surface area contributed by atoms with Crippen LogP contribution >= 0.6 is 0 Å². The molecule has 8 nitrogen and oxygen atoms in total. The maximum atomic E-state index is 5.31. The molecule has 0 spiro atoms. The fraction of sp³-hybridized carbons (Fsp3) is 0.412. The van der Waals surface area contributed by atoms with E-state index in [2.05, 4.69) is 42.6 Å². The second-order valence-corrected chi connectivity index (χ2v) is 6.32. The monoisotopic (exact) mass is 339 g/mol. The van der Waals surface area contributed by atoms with Gasteiger partial charge in [0.15, 0.2) is 5.76 Å². The number of aromatic nitrogens is 5. The number of anilines is 1. The molecule has 3 aromatic rings. The third kappa shape index (κ3) is 3.69. The smallest absolute Gasteiger partial charge is 0.245 e. The molecule has 0 unspecified atom stereocenters. The van der Waals surface area contributed by atoms with Gasteiger partial charge in [-0.3, -0.25) is 4.90 Å². The van der Waals surface area contributed by atoms with Crippen molar-refractivity contribution < 1.29 is 4.52 Å². The number of tetrazole rings is 1. The van der Waals surface area contributed by atoms with Gasteiger partial charge in [0.1, 0.15) is 0 Å². The Morgan fingerprint density at radius 2 is 1.84 bits per heavy atom. The van der Waals surface area contributed by atoms with Gasteiger partial charge >= 0.3 is 0 Å². The first kappa shape index (κ1) is 15.8. The molecule has 1 saturated heterocycles. The van der Waals surface area contributed by atoms with E-state index < -0.39 is 0 Å².